The van der Waals surface area contributed by atoms with E-state index in [9.17, 15) is 13.6 Å². The van der Waals surface area contributed by atoms with Gasteiger partial charge in [0.2, 0.25) is 5.91 Å². The Morgan fingerprint density at radius 3 is 2.75 bits per heavy atom. The van der Waals surface area contributed by atoms with Crippen molar-refractivity contribution in [2.75, 3.05) is 7.11 Å². The van der Waals surface area contributed by atoms with E-state index in [1.165, 1.54) is 19.3 Å². The van der Waals surface area contributed by atoms with Crippen LogP contribution in [0.4, 0.5) is 8.78 Å². The number of hydrogen-bond donors (Lipinski definition) is 1. The zero-order valence-electron chi connectivity index (χ0n) is 8.67. The van der Waals surface area contributed by atoms with E-state index in [1.807, 2.05) is 0 Å². The number of benzene rings is 1. The Morgan fingerprint density at radius 1 is 1.50 bits per heavy atom. The van der Waals surface area contributed by atoms with Crippen LogP contribution in [0.5, 0.6) is 5.75 Å². The molecular formula is C11H11F2NO2. The van der Waals surface area contributed by atoms with Crippen molar-refractivity contribution in [3.8, 4) is 5.75 Å². The molecule has 0 bridgehead atoms. The number of rotatable bonds is 4. The second-order valence-electron chi connectivity index (χ2n) is 3.08. The van der Waals surface area contributed by atoms with Crippen LogP contribution in [-0.2, 0) is 4.79 Å². The Bertz CT molecular complexity index is 430. The van der Waals surface area contributed by atoms with E-state index in [1.54, 1.807) is 0 Å². The summed E-state index contributed by atoms with van der Waals surface area (Å²) in [6, 6.07) is 1.84. The molecule has 16 heavy (non-hydrogen) atoms. The Balaban J connectivity index is 3.02. The van der Waals surface area contributed by atoms with Crippen LogP contribution in [0.15, 0.2) is 18.2 Å². The topological polar surface area (TPSA) is 52.3 Å². The van der Waals surface area contributed by atoms with Crippen LogP contribution in [-0.4, -0.2) is 13.0 Å². The molecule has 1 aromatic carbocycles. The van der Waals surface area contributed by atoms with Gasteiger partial charge >= 0.3 is 0 Å². The average molecular weight is 227 g/mol. The summed E-state index contributed by atoms with van der Waals surface area (Å²) in [7, 11) is 1.28. The van der Waals surface area contributed by atoms with E-state index in [0.717, 1.165) is 12.1 Å². The number of ether oxygens (including phenoxy) is 1. The number of hydrogen-bond acceptors (Lipinski definition) is 2. The molecule has 0 radical (unpaired) electrons. The third kappa shape index (κ3) is 3.05. The summed E-state index contributed by atoms with van der Waals surface area (Å²) in [4.78, 5) is 10.5. The van der Waals surface area contributed by atoms with Gasteiger partial charge in [-0.3, -0.25) is 4.79 Å². The van der Waals surface area contributed by atoms with E-state index >= 15 is 0 Å². The van der Waals surface area contributed by atoms with Crippen LogP contribution in [0.3, 0.4) is 0 Å². The van der Waals surface area contributed by atoms with Crippen LogP contribution in [0.1, 0.15) is 12.0 Å². The summed E-state index contributed by atoms with van der Waals surface area (Å²) >= 11 is 0. The van der Waals surface area contributed by atoms with Gasteiger partial charge in [0.05, 0.1) is 7.11 Å². The Morgan fingerprint density at radius 2 is 2.19 bits per heavy atom. The molecule has 2 N–H and O–H groups in total. The second-order valence-corrected chi connectivity index (χ2v) is 3.08. The first kappa shape index (κ1) is 12.2. The molecule has 0 aromatic heterocycles. The molecule has 3 nitrogen and oxygen atoms in total. The molecule has 1 amide bonds. The SMILES string of the molecule is COc1c(F)cc(F)cc1C=CCC(N)=O. The molecule has 0 fully saturated rings. The van der Waals surface area contributed by atoms with Crippen molar-refractivity contribution >= 4 is 12.0 Å². The number of nitrogens with two attached hydrogens (primary N) is 1. The largest absolute Gasteiger partial charge is 0.493 e. The van der Waals surface area contributed by atoms with Gasteiger partial charge in [0.25, 0.3) is 0 Å². The predicted molar refractivity (Wildman–Crippen MR) is 55.8 cm³/mol. The van der Waals surface area contributed by atoms with E-state index in [4.69, 9.17) is 10.5 Å². The van der Waals surface area contributed by atoms with Crippen LogP contribution in [0.2, 0.25) is 0 Å². The highest BCUT2D eigenvalue weighted by Gasteiger charge is 2.09. The van der Waals surface area contributed by atoms with Crippen molar-refractivity contribution in [1.82, 2.24) is 0 Å². The average Bonchev–Trinajstić information content (AvgIpc) is 2.16. The zero-order chi connectivity index (χ0) is 12.1. The number of amides is 1. The zero-order valence-corrected chi connectivity index (χ0v) is 8.67. The lowest BCUT2D eigenvalue weighted by molar-refractivity contribution is -0.117. The first-order chi connectivity index (χ1) is 7.54. The smallest absolute Gasteiger partial charge is 0.221 e. The third-order valence-electron chi connectivity index (χ3n) is 1.86. The van der Waals surface area contributed by atoms with Crippen molar-refractivity contribution in [1.29, 1.82) is 0 Å². The highest BCUT2D eigenvalue weighted by molar-refractivity contribution is 5.76. The molecule has 0 heterocycles. The number of halogens is 2. The van der Waals surface area contributed by atoms with Crippen molar-refractivity contribution < 1.29 is 18.3 Å². The lowest BCUT2D eigenvalue weighted by Crippen LogP contribution is -2.07. The maximum absolute atomic E-state index is 13.2. The van der Waals surface area contributed by atoms with Gasteiger partial charge in [-0.2, -0.15) is 0 Å². The summed E-state index contributed by atoms with van der Waals surface area (Å²) in [6.07, 6.45) is 2.80. The number of carbonyl (C=O) groups is 1. The van der Waals surface area contributed by atoms with Crippen LogP contribution < -0.4 is 10.5 Å². The van der Waals surface area contributed by atoms with Gasteiger partial charge in [0.15, 0.2) is 11.6 Å². The van der Waals surface area contributed by atoms with Crippen molar-refractivity contribution in [3.05, 3.63) is 35.4 Å². The molecule has 86 valence electrons. The second kappa shape index (κ2) is 5.25. The molecule has 0 aliphatic heterocycles. The lowest BCUT2D eigenvalue weighted by atomic mass is 10.1. The first-order valence-corrected chi connectivity index (χ1v) is 4.52. The number of methoxy groups -OCH3 is 1. The fraction of sp³-hybridized carbons (Fsp3) is 0.182. The van der Waals surface area contributed by atoms with Gasteiger partial charge in [0.1, 0.15) is 5.82 Å². The number of primary amides is 1. The van der Waals surface area contributed by atoms with Gasteiger partial charge in [-0.1, -0.05) is 12.2 Å². The Labute approximate surface area is 91.5 Å². The van der Waals surface area contributed by atoms with Crippen molar-refractivity contribution in [2.45, 2.75) is 6.42 Å². The van der Waals surface area contributed by atoms with Gasteiger partial charge < -0.3 is 10.5 Å². The van der Waals surface area contributed by atoms with Crippen LogP contribution >= 0.6 is 0 Å². The fourth-order valence-electron chi connectivity index (χ4n) is 1.22. The van der Waals surface area contributed by atoms with E-state index in [2.05, 4.69) is 0 Å². The van der Waals surface area contributed by atoms with Gasteiger partial charge in [-0.15, -0.1) is 0 Å². The molecule has 0 unspecified atom stereocenters. The summed E-state index contributed by atoms with van der Waals surface area (Å²) in [6.45, 7) is 0. The maximum Gasteiger partial charge on any atom is 0.221 e. The molecule has 0 atom stereocenters. The predicted octanol–water partition coefficient (Wildman–Crippen LogP) is 1.86. The monoisotopic (exact) mass is 227 g/mol. The minimum Gasteiger partial charge on any atom is -0.493 e. The minimum atomic E-state index is -0.791. The minimum absolute atomic E-state index is 0.00128. The third-order valence-corrected chi connectivity index (χ3v) is 1.86. The van der Waals surface area contributed by atoms with Crippen LogP contribution in [0, 0.1) is 11.6 Å². The number of carbonyl (C=O) groups excluding carboxylic acids is 1. The summed E-state index contributed by atoms with van der Waals surface area (Å²) in [5.74, 6) is -2.09. The van der Waals surface area contributed by atoms with E-state index < -0.39 is 17.5 Å². The molecule has 0 aliphatic rings. The molecule has 0 saturated carbocycles. The van der Waals surface area contributed by atoms with Crippen LogP contribution in [0.25, 0.3) is 6.08 Å². The molecule has 1 aromatic rings. The Hall–Kier alpha value is -1.91. The quantitative estimate of drug-likeness (QED) is 0.853. The Kier molecular flexibility index (Phi) is 3.99. The van der Waals surface area contributed by atoms with E-state index in [0.29, 0.717) is 0 Å². The van der Waals surface area contributed by atoms with Gasteiger partial charge in [-0.25, -0.2) is 8.78 Å². The molecule has 0 spiro atoms. The summed E-state index contributed by atoms with van der Waals surface area (Å²) in [5, 5.41) is 0. The summed E-state index contributed by atoms with van der Waals surface area (Å²) in [5.41, 5.74) is 5.14. The fourth-order valence-corrected chi connectivity index (χ4v) is 1.22. The molecular weight excluding hydrogens is 216 g/mol. The molecule has 0 saturated heterocycles. The van der Waals surface area contributed by atoms with Crippen molar-refractivity contribution in [2.24, 2.45) is 5.73 Å². The molecule has 0 aliphatic carbocycles. The lowest BCUT2D eigenvalue weighted by Gasteiger charge is -2.05. The standard InChI is InChI=1S/C11H11F2NO2/c1-16-11-7(3-2-4-10(14)15)5-8(12)6-9(11)13/h2-3,5-6H,4H2,1H3,(H2,14,15). The normalized spacial score (nSPS) is 10.7. The highest BCUT2D eigenvalue weighted by atomic mass is 19.1. The van der Waals surface area contributed by atoms with Crippen molar-refractivity contribution in [3.63, 3.8) is 0 Å². The molecule has 1 rings (SSSR count). The maximum atomic E-state index is 13.2. The summed E-state index contributed by atoms with van der Waals surface area (Å²) < 4.78 is 30.9. The van der Waals surface area contributed by atoms with Gasteiger partial charge in [0, 0.05) is 18.1 Å². The highest BCUT2D eigenvalue weighted by Crippen LogP contribution is 2.25. The molecule has 5 heteroatoms. The van der Waals surface area contributed by atoms with E-state index in [-0.39, 0.29) is 17.7 Å². The van der Waals surface area contributed by atoms with Gasteiger partial charge in [-0.05, 0) is 6.07 Å². The first-order valence-electron chi connectivity index (χ1n) is 4.52.